The van der Waals surface area contributed by atoms with Crippen molar-refractivity contribution in [3.63, 3.8) is 0 Å². The summed E-state index contributed by atoms with van der Waals surface area (Å²) >= 11 is 0. The number of halogens is 1. The molecule has 23 heavy (non-hydrogen) atoms. The van der Waals surface area contributed by atoms with Crippen LogP contribution < -0.4 is 5.32 Å². The Morgan fingerprint density at radius 3 is 2.78 bits per heavy atom. The summed E-state index contributed by atoms with van der Waals surface area (Å²) in [7, 11) is 0. The van der Waals surface area contributed by atoms with Crippen LogP contribution in [0.3, 0.4) is 0 Å². The highest BCUT2D eigenvalue weighted by Gasteiger charge is 2.33. The zero-order chi connectivity index (χ0) is 15.8. The summed E-state index contributed by atoms with van der Waals surface area (Å²) in [4.78, 5) is 18.3. The fourth-order valence-electron chi connectivity index (χ4n) is 3.24. The van der Waals surface area contributed by atoms with E-state index in [9.17, 15) is 9.18 Å². The first-order valence-electron chi connectivity index (χ1n) is 7.86. The van der Waals surface area contributed by atoms with Gasteiger partial charge in [-0.15, -0.1) is 0 Å². The molecule has 2 aliphatic rings. The molecule has 4 rings (SSSR count). The minimum absolute atomic E-state index is 0.0400. The van der Waals surface area contributed by atoms with Crippen LogP contribution in [0.1, 0.15) is 30.1 Å². The van der Waals surface area contributed by atoms with Crippen molar-refractivity contribution in [3.05, 3.63) is 47.8 Å². The van der Waals surface area contributed by atoms with Crippen LogP contribution in [0.25, 0.3) is 0 Å². The molecular weight excluding hydrogens is 297 g/mol. The third kappa shape index (κ3) is 2.78. The van der Waals surface area contributed by atoms with Crippen LogP contribution in [-0.2, 0) is 13.1 Å². The van der Waals surface area contributed by atoms with Crippen LogP contribution in [-0.4, -0.2) is 38.3 Å². The van der Waals surface area contributed by atoms with Crippen molar-refractivity contribution in [1.82, 2.24) is 25.0 Å². The number of rotatable bonds is 2. The van der Waals surface area contributed by atoms with Crippen molar-refractivity contribution in [2.24, 2.45) is 0 Å². The maximum atomic E-state index is 12.9. The van der Waals surface area contributed by atoms with E-state index in [1.54, 1.807) is 4.90 Å². The van der Waals surface area contributed by atoms with Gasteiger partial charge in [0, 0.05) is 12.6 Å². The van der Waals surface area contributed by atoms with Crippen LogP contribution in [0.15, 0.2) is 30.6 Å². The Balaban J connectivity index is 1.29. The first-order valence-corrected chi connectivity index (χ1v) is 7.86. The van der Waals surface area contributed by atoms with E-state index in [1.165, 1.54) is 18.5 Å². The molecule has 1 fully saturated rings. The number of fused-ring (bicyclic) bond motifs is 1. The van der Waals surface area contributed by atoms with Crippen LogP contribution in [0, 0.1) is 5.82 Å². The number of nitrogens with zero attached hydrogens (tertiary/aromatic N) is 4. The molecule has 1 aliphatic heterocycles. The first kappa shape index (κ1) is 14.2. The quantitative estimate of drug-likeness (QED) is 0.920. The number of benzene rings is 1. The second kappa shape index (κ2) is 5.64. The van der Waals surface area contributed by atoms with E-state index in [2.05, 4.69) is 15.4 Å². The molecule has 1 aromatic carbocycles. The van der Waals surface area contributed by atoms with Crippen LogP contribution >= 0.6 is 0 Å². The molecule has 120 valence electrons. The second-order valence-corrected chi connectivity index (χ2v) is 6.19. The molecule has 2 amide bonds. The van der Waals surface area contributed by atoms with Gasteiger partial charge >= 0.3 is 6.03 Å². The number of urea groups is 1. The molecule has 1 saturated carbocycles. The summed E-state index contributed by atoms with van der Waals surface area (Å²) in [5, 5.41) is 7.18. The minimum Gasteiger partial charge on any atom is -0.335 e. The topological polar surface area (TPSA) is 63.1 Å². The lowest BCUT2D eigenvalue weighted by atomic mass is 9.76. The lowest BCUT2D eigenvalue weighted by Crippen LogP contribution is -2.51. The number of nitrogens with one attached hydrogen (secondary N) is 1. The monoisotopic (exact) mass is 315 g/mol. The predicted octanol–water partition coefficient (Wildman–Crippen LogP) is 1.89. The highest BCUT2D eigenvalue weighted by molar-refractivity contribution is 5.74. The van der Waals surface area contributed by atoms with E-state index in [0.717, 1.165) is 24.2 Å². The molecule has 1 aliphatic carbocycles. The van der Waals surface area contributed by atoms with Gasteiger partial charge in [0.2, 0.25) is 0 Å². The van der Waals surface area contributed by atoms with Gasteiger partial charge in [0.1, 0.15) is 18.0 Å². The highest BCUT2D eigenvalue weighted by Crippen LogP contribution is 2.36. The van der Waals surface area contributed by atoms with E-state index in [0.29, 0.717) is 25.6 Å². The molecule has 2 heterocycles. The van der Waals surface area contributed by atoms with Crippen molar-refractivity contribution in [1.29, 1.82) is 0 Å². The standard InChI is InChI=1S/C16H18FN5O/c17-13-3-1-11(2-4-13)12-7-14(8-12)20-16(23)21-5-6-22-15(9-21)18-10-19-22/h1-4,10,12,14H,5-9H2,(H,20,23). The molecular formula is C16H18FN5O. The van der Waals surface area contributed by atoms with Gasteiger partial charge in [0.15, 0.2) is 0 Å². The Kier molecular flexibility index (Phi) is 3.48. The van der Waals surface area contributed by atoms with Crippen molar-refractivity contribution >= 4 is 6.03 Å². The molecule has 0 bridgehead atoms. The number of amides is 2. The zero-order valence-corrected chi connectivity index (χ0v) is 12.7. The van der Waals surface area contributed by atoms with Crippen LogP contribution in [0.2, 0.25) is 0 Å². The smallest absolute Gasteiger partial charge is 0.318 e. The van der Waals surface area contributed by atoms with Crippen LogP contribution in [0.5, 0.6) is 0 Å². The Morgan fingerprint density at radius 1 is 1.22 bits per heavy atom. The average molecular weight is 315 g/mol. The molecule has 1 N–H and O–H groups in total. The third-order valence-electron chi connectivity index (χ3n) is 4.70. The molecule has 0 spiro atoms. The van der Waals surface area contributed by atoms with Gasteiger partial charge in [-0.05, 0) is 36.5 Å². The molecule has 2 aromatic rings. The summed E-state index contributed by atoms with van der Waals surface area (Å²) in [6.45, 7) is 1.84. The summed E-state index contributed by atoms with van der Waals surface area (Å²) < 4.78 is 14.8. The maximum absolute atomic E-state index is 12.9. The molecule has 6 nitrogen and oxygen atoms in total. The van der Waals surface area contributed by atoms with E-state index >= 15 is 0 Å². The number of carbonyl (C=O) groups excluding carboxylic acids is 1. The number of hydrogen-bond donors (Lipinski definition) is 1. The largest absolute Gasteiger partial charge is 0.335 e. The summed E-state index contributed by atoms with van der Waals surface area (Å²) in [5.74, 6) is 1.02. The Labute approximate surface area is 133 Å². The predicted molar refractivity (Wildman–Crippen MR) is 81.1 cm³/mol. The number of hydrogen-bond acceptors (Lipinski definition) is 3. The van der Waals surface area contributed by atoms with Gasteiger partial charge in [-0.25, -0.2) is 18.9 Å². The third-order valence-corrected chi connectivity index (χ3v) is 4.70. The minimum atomic E-state index is -0.212. The molecule has 0 atom stereocenters. The van der Waals surface area contributed by atoms with E-state index in [-0.39, 0.29) is 17.9 Å². The number of aromatic nitrogens is 3. The van der Waals surface area contributed by atoms with Crippen molar-refractivity contribution in [3.8, 4) is 0 Å². The van der Waals surface area contributed by atoms with Gasteiger partial charge in [-0.3, -0.25) is 0 Å². The Morgan fingerprint density at radius 2 is 2.00 bits per heavy atom. The summed E-state index contributed by atoms with van der Waals surface area (Å²) in [6.07, 6.45) is 3.33. The van der Waals surface area contributed by atoms with Crippen molar-refractivity contribution in [2.45, 2.75) is 37.9 Å². The maximum Gasteiger partial charge on any atom is 0.318 e. The average Bonchev–Trinajstić information content (AvgIpc) is 2.99. The fraction of sp³-hybridized carbons (Fsp3) is 0.438. The molecule has 0 unspecified atom stereocenters. The molecule has 1 aromatic heterocycles. The SMILES string of the molecule is O=C(NC1CC(c2ccc(F)cc2)C1)N1CCn2ncnc2C1. The molecule has 0 radical (unpaired) electrons. The lowest BCUT2D eigenvalue weighted by Gasteiger charge is -2.38. The normalized spacial score (nSPS) is 23.1. The Bertz CT molecular complexity index is 708. The van der Waals surface area contributed by atoms with Gasteiger partial charge in [-0.1, -0.05) is 12.1 Å². The second-order valence-electron chi connectivity index (χ2n) is 6.19. The van der Waals surface area contributed by atoms with E-state index in [4.69, 9.17) is 0 Å². The summed E-state index contributed by atoms with van der Waals surface area (Å²) in [6, 6.07) is 6.79. The number of carbonyl (C=O) groups is 1. The first-order chi connectivity index (χ1) is 11.2. The fourth-order valence-corrected chi connectivity index (χ4v) is 3.24. The van der Waals surface area contributed by atoms with E-state index in [1.807, 2.05) is 16.8 Å². The summed E-state index contributed by atoms with van der Waals surface area (Å²) in [5.41, 5.74) is 1.14. The van der Waals surface area contributed by atoms with Gasteiger partial charge in [-0.2, -0.15) is 5.10 Å². The van der Waals surface area contributed by atoms with Gasteiger partial charge < -0.3 is 10.2 Å². The van der Waals surface area contributed by atoms with Crippen molar-refractivity contribution < 1.29 is 9.18 Å². The van der Waals surface area contributed by atoms with Crippen molar-refractivity contribution in [2.75, 3.05) is 6.54 Å². The molecule has 0 saturated heterocycles. The lowest BCUT2D eigenvalue weighted by molar-refractivity contribution is 0.166. The van der Waals surface area contributed by atoms with Gasteiger partial charge in [0.05, 0.1) is 13.1 Å². The van der Waals surface area contributed by atoms with Gasteiger partial charge in [0.25, 0.3) is 0 Å². The Hall–Kier alpha value is -2.44. The molecule has 7 heteroatoms. The van der Waals surface area contributed by atoms with E-state index < -0.39 is 0 Å². The highest BCUT2D eigenvalue weighted by atomic mass is 19.1. The zero-order valence-electron chi connectivity index (χ0n) is 12.7. The van der Waals surface area contributed by atoms with Crippen LogP contribution in [0.4, 0.5) is 9.18 Å².